The maximum absolute atomic E-state index is 12.6. The SMILES string of the molecule is CC(c1cc2ccccc2o1)N(C)C(=O)CN1CCNC[C@@H]1C. The van der Waals surface area contributed by atoms with Gasteiger partial charge in [0.15, 0.2) is 0 Å². The Morgan fingerprint density at radius 2 is 2.26 bits per heavy atom. The summed E-state index contributed by atoms with van der Waals surface area (Å²) < 4.78 is 5.89. The Morgan fingerprint density at radius 3 is 3.00 bits per heavy atom. The van der Waals surface area contributed by atoms with E-state index in [0.717, 1.165) is 36.4 Å². The van der Waals surface area contributed by atoms with E-state index >= 15 is 0 Å². The molecule has 1 amide bonds. The maximum Gasteiger partial charge on any atom is 0.237 e. The maximum atomic E-state index is 12.6. The third kappa shape index (κ3) is 3.41. The Labute approximate surface area is 137 Å². The first-order chi connectivity index (χ1) is 11.1. The van der Waals surface area contributed by atoms with Crippen molar-refractivity contribution in [3.05, 3.63) is 36.1 Å². The summed E-state index contributed by atoms with van der Waals surface area (Å²) in [5.41, 5.74) is 0.867. The van der Waals surface area contributed by atoms with E-state index in [1.54, 1.807) is 4.90 Å². The Kier molecular flexibility index (Phi) is 4.68. The second-order valence-electron chi connectivity index (χ2n) is 6.39. The zero-order valence-corrected chi connectivity index (χ0v) is 14.1. The first-order valence-electron chi connectivity index (χ1n) is 8.25. The van der Waals surface area contributed by atoms with Crippen LogP contribution in [0.1, 0.15) is 25.6 Å². The highest BCUT2D eigenvalue weighted by atomic mass is 16.3. The topological polar surface area (TPSA) is 48.7 Å². The summed E-state index contributed by atoms with van der Waals surface area (Å²) in [5.74, 6) is 0.960. The van der Waals surface area contributed by atoms with Gasteiger partial charge in [0.1, 0.15) is 11.3 Å². The van der Waals surface area contributed by atoms with Crippen molar-refractivity contribution in [2.45, 2.75) is 25.9 Å². The molecule has 0 saturated carbocycles. The van der Waals surface area contributed by atoms with Gasteiger partial charge in [-0.15, -0.1) is 0 Å². The number of likely N-dealkylation sites (N-methyl/N-ethyl adjacent to an activating group) is 1. The van der Waals surface area contributed by atoms with E-state index in [0.29, 0.717) is 12.6 Å². The van der Waals surface area contributed by atoms with E-state index in [1.165, 1.54) is 0 Å². The van der Waals surface area contributed by atoms with Crippen LogP contribution in [-0.4, -0.2) is 55.0 Å². The van der Waals surface area contributed by atoms with Crippen LogP contribution in [-0.2, 0) is 4.79 Å². The molecule has 1 aliphatic heterocycles. The lowest BCUT2D eigenvalue weighted by Gasteiger charge is -2.35. The zero-order valence-electron chi connectivity index (χ0n) is 14.1. The molecule has 2 heterocycles. The number of rotatable bonds is 4. The molecule has 5 heteroatoms. The van der Waals surface area contributed by atoms with Gasteiger partial charge in [-0.1, -0.05) is 18.2 Å². The van der Waals surface area contributed by atoms with Crippen LogP contribution in [0.4, 0.5) is 0 Å². The number of carbonyl (C=O) groups excluding carboxylic acids is 1. The third-order valence-corrected chi connectivity index (χ3v) is 4.81. The summed E-state index contributed by atoms with van der Waals surface area (Å²) in [5, 5.41) is 4.42. The summed E-state index contributed by atoms with van der Waals surface area (Å²) in [6, 6.07) is 10.3. The monoisotopic (exact) mass is 315 g/mol. The largest absolute Gasteiger partial charge is 0.459 e. The number of hydrogen-bond donors (Lipinski definition) is 1. The lowest BCUT2D eigenvalue weighted by atomic mass is 10.2. The van der Waals surface area contributed by atoms with E-state index in [-0.39, 0.29) is 11.9 Å². The molecule has 124 valence electrons. The van der Waals surface area contributed by atoms with Gasteiger partial charge in [-0.25, -0.2) is 0 Å². The van der Waals surface area contributed by atoms with Crippen molar-refractivity contribution in [1.29, 1.82) is 0 Å². The van der Waals surface area contributed by atoms with Crippen LogP contribution in [0.15, 0.2) is 34.7 Å². The van der Waals surface area contributed by atoms with Gasteiger partial charge < -0.3 is 14.6 Å². The van der Waals surface area contributed by atoms with Gasteiger partial charge in [0, 0.05) is 38.1 Å². The predicted octanol–water partition coefficient (Wildman–Crippen LogP) is 2.25. The minimum Gasteiger partial charge on any atom is -0.459 e. The first-order valence-corrected chi connectivity index (χ1v) is 8.25. The Morgan fingerprint density at radius 1 is 1.48 bits per heavy atom. The van der Waals surface area contributed by atoms with Gasteiger partial charge in [-0.2, -0.15) is 0 Å². The molecular formula is C18H25N3O2. The quantitative estimate of drug-likeness (QED) is 0.940. The summed E-state index contributed by atoms with van der Waals surface area (Å²) in [4.78, 5) is 16.6. The average molecular weight is 315 g/mol. The number of nitrogens with one attached hydrogen (secondary N) is 1. The molecule has 1 aliphatic rings. The lowest BCUT2D eigenvalue weighted by molar-refractivity contribution is -0.134. The first kappa shape index (κ1) is 16.0. The van der Waals surface area contributed by atoms with E-state index in [9.17, 15) is 4.79 Å². The van der Waals surface area contributed by atoms with E-state index < -0.39 is 0 Å². The fourth-order valence-electron chi connectivity index (χ4n) is 3.02. The molecule has 0 radical (unpaired) electrons. The number of hydrogen-bond acceptors (Lipinski definition) is 4. The van der Waals surface area contributed by atoms with Crippen LogP contribution in [0.25, 0.3) is 11.0 Å². The van der Waals surface area contributed by atoms with E-state index in [2.05, 4.69) is 17.1 Å². The number of nitrogens with zero attached hydrogens (tertiary/aromatic N) is 2. The molecule has 0 spiro atoms. The normalized spacial score (nSPS) is 20.6. The zero-order chi connectivity index (χ0) is 16.4. The van der Waals surface area contributed by atoms with Crippen LogP contribution in [0.3, 0.4) is 0 Å². The van der Waals surface area contributed by atoms with Crippen LogP contribution >= 0.6 is 0 Å². The standard InChI is InChI=1S/C18H25N3O2/c1-13-11-19-8-9-21(13)12-18(22)20(3)14(2)17-10-15-6-4-5-7-16(15)23-17/h4-7,10,13-14,19H,8-9,11-12H2,1-3H3/t13-,14?/m0/s1. The van der Waals surface area contributed by atoms with Gasteiger partial charge >= 0.3 is 0 Å². The highest BCUT2D eigenvalue weighted by Crippen LogP contribution is 2.26. The molecule has 2 atom stereocenters. The summed E-state index contributed by atoms with van der Waals surface area (Å²) in [6.07, 6.45) is 0. The number of para-hydroxylation sites is 1. The second-order valence-corrected chi connectivity index (χ2v) is 6.39. The number of amides is 1. The highest BCUT2D eigenvalue weighted by Gasteiger charge is 2.25. The molecule has 1 saturated heterocycles. The number of carbonyl (C=O) groups is 1. The van der Waals surface area contributed by atoms with Crippen molar-refractivity contribution >= 4 is 16.9 Å². The Hall–Kier alpha value is -1.85. The van der Waals surface area contributed by atoms with Crippen molar-refractivity contribution in [3.63, 3.8) is 0 Å². The molecule has 1 aromatic carbocycles. The van der Waals surface area contributed by atoms with Gasteiger partial charge in [0.2, 0.25) is 5.91 Å². The molecule has 0 aliphatic carbocycles. The summed E-state index contributed by atoms with van der Waals surface area (Å²) >= 11 is 0. The minimum atomic E-state index is -0.0758. The molecule has 2 aromatic rings. The van der Waals surface area contributed by atoms with Gasteiger partial charge in [0.05, 0.1) is 12.6 Å². The second kappa shape index (κ2) is 6.72. The van der Waals surface area contributed by atoms with Crippen LogP contribution in [0, 0.1) is 0 Å². The summed E-state index contributed by atoms with van der Waals surface area (Å²) in [7, 11) is 1.85. The molecule has 1 fully saturated rings. The average Bonchev–Trinajstić information content (AvgIpc) is 2.99. The Bertz CT molecular complexity index is 649. The van der Waals surface area contributed by atoms with E-state index in [1.807, 2.05) is 44.3 Å². The summed E-state index contributed by atoms with van der Waals surface area (Å²) in [6.45, 7) is 7.43. The fourth-order valence-corrected chi connectivity index (χ4v) is 3.02. The van der Waals surface area contributed by atoms with Crippen molar-refractivity contribution in [1.82, 2.24) is 15.1 Å². The lowest BCUT2D eigenvalue weighted by Crippen LogP contribution is -2.53. The Balaban J connectivity index is 1.68. The third-order valence-electron chi connectivity index (χ3n) is 4.81. The van der Waals surface area contributed by atoms with Gasteiger partial charge in [-0.3, -0.25) is 9.69 Å². The van der Waals surface area contributed by atoms with Crippen molar-refractivity contribution in [3.8, 4) is 0 Å². The fraction of sp³-hybridized carbons (Fsp3) is 0.500. The molecule has 5 nitrogen and oxygen atoms in total. The number of benzene rings is 1. The molecule has 1 N–H and O–H groups in total. The highest BCUT2D eigenvalue weighted by molar-refractivity contribution is 5.80. The number of fused-ring (bicyclic) bond motifs is 1. The smallest absolute Gasteiger partial charge is 0.237 e. The molecule has 1 aromatic heterocycles. The van der Waals surface area contributed by atoms with Crippen molar-refractivity contribution in [2.24, 2.45) is 0 Å². The van der Waals surface area contributed by atoms with Crippen LogP contribution in [0.2, 0.25) is 0 Å². The van der Waals surface area contributed by atoms with Gasteiger partial charge in [0.25, 0.3) is 0 Å². The molecule has 1 unspecified atom stereocenters. The molecular weight excluding hydrogens is 290 g/mol. The number of piperazine rings is 1. The van der Waals surface area contributed by atoms with Crippen molar-refractivity contribution in [2.75, 3.05) is 33.2 Å². The van der Waals surface area contributed by atoms with E-state index in [4.69, 9.17) is 4.42 Å². The predicted molar refractivity (Wildman–Crippen MR) is 91.3 cm³/mol. The van der Waals surface area contributed by atoms with Gasteiger partial charge in [-0.05, 0) is 26.0 Å². The molecule has 3 rings (SSSR count). The van der Waals surface area contributed by atoms with Crippen molar-refractivity contribution < 1.29 is 9.21 Å². The molecule has 0 bridgehead atoms. The number of furan rings is 1. The minimum absolute atomic E-state index is 0.0758. The molecule has 23 heavy (non-hydrogen) atoms. The van der Waals surface area contributed by atoms with Crippen LogP contribution < -0.4 is 5.32 Å². The van der Waals surface area contributed by atoms with Crippen LogP contribution in [0.5, 0.6) is 0 Å².